The molecule has 0 aliphatic carbocycles. The first-order valence-corrected chi connectivity index (χ1v) is 13.2. The molecule has 38 heavy (non-hydrogen) atoms. The van der Waals surface area contributed by atoms with E-state index in [0.29, 0.717) is 5.56 Å². The van der Waals surface area contributed by atoms with Crippen molar-refractivity contribution in [3.05, 3.63) is 83.9 Å². The Bertz CT molecular complexity index is 1440. The molecule has 3 heterocycles. The van der Waals surface area contributed by atoms with Gasteiger partial charge in [0.25, 0.3) is 0 Å². The lowest BCUT2D eigenvalue weighted by Gasteiger charge is -2.35. The highest BCUT2D eigenvalue weighted by Gasteiger charge is 2.21. The number of nitrogens with one attached hydrogen (secondary N) is 1. The number of benzene rings is 3. The van der Waals surface area contributed by atoms with E-state index in [1.807, 2.05) is 24.3 Å². The van der Waals surface area contributed by atoms with Gasteiger partial charge in [0.2, 0.25) is 0 Å². The molecule has 6 rings (SSSR count). The van der Waals surface area contributed by atoms with E-state index in [-0.39, 0.29) is 0 Å². The molecular formula is C30H31N7O. The molecule has 1 aromatic heterocycles. The average molecular weight is 506 g/mol. The number of aromatic nitrogens is 2. The normalized spacial score (nSPS) is 16.4. The van der Waals surface area contributed by atoms with E-state index in [0.717, 1.165) is 87.1 Å². The Morgan fingerprint density at radius 2 is 1.55 bits per heavy atom. The molecule has 2 aliphatic rings. The lowest BCUT2D eigenvalue weighted by atomic mass is 10.1. The van der Waals surface area contributed by atoms with Gasteiger partial charge in [0, 0.05) is 68.0 Å². The van der Waals surface area contributed by atoms with Gasteiger partial charge in [-0.15, -0.1) is 10.2 Å². The highest BCUT2D eigenvalue weighted by atomic mass is 16.5. The Balaban J connectivity index is 1.15. The predicted molar refractivity (Wildman–Crippen MR) is 151 cm³/mol. The number of hydrogen-bond donors (Lipinski definition) is 1. The summed E-state index contributed by atoms with van der Waals surface area (Å²) in [4.78, 5) is 7.11. The van der Waals surface area contributed by atoms with Gasteiger partial charge in [0.1, 0.15) is 0 Å². The number of nitriles is 1. The van der Waals surface area contributed by atoms with Crippen LogP contribution in [0.1, 0.15) is 11.1 Å². The van der Waals surface area contributed by atoms with E-state index in [1.165, 1.54) is 11.3 Å². The van der Waals surface area contributed by atoms with Crippen LogP contribution in [0.3, 0.4) is 0 Å². The van der Waals surface area contributed by atoms with Crippen molar-refractivity contribution in [3.8, 4) is 6.07 Å². The molecule has 0 atom stereocenters. The third-order valence-electron chi connectivity index (χ3n) is 7.31. The molecule has 0 spiro atoms. The lowest BCUT2D eigenvalue weighted by Crippen LogP contribution is -2.46. The van der Waals surface area contributed by atoms with Crippen LogP contribution in [-0.4, -0.2) is 67.6 Å². The Hall–Kier alpha value is -4.19. The monoisotopic (exact) mass is 505 g/mol. The Kier molecular flexibility index (Phi) is 7.03. The Morgan fingerprint density at radius 1 is 0.789 bits per heavy atom. The molecule has 0 unspecified atom stereocenters. The smallest absolute Gasteiger partial charge is 0.161 e. The van der Waals surface area contributed by atoms with Crippen LogP contribution in [0.2, 0.25) is 0 Å². The SMILES string of the molecule is N#Cc1cccc(CN2CCN(c3nnc(Nc4ccc(N5CCOCC5)cc4)c4ccccc34)CC2)c1. The summed E-state index contributed by atoms with van der Waals surface area (Å²) >= 11 is 0. The van der Waals surface area contributed by atoms with Crippen LogP contribution < -0.4 is 15.1 Å². The number of anilines is 4. The van der Waals surface area contributed by atoms with E-state index in [2.05, 4.69) is 84.8 Å². The molecule has 0 bridgehead atoms. The van der Waals surface area contributed by atoms with Crippen molar-refractivity contribution in [2.75, 3.05) is 67.6 Å². The summed E-state index contributed by atoms with van der Waals surface area (Å²) in [5.74, 6) is 1.69. The van der Waals surface area contributed by atoms with Crippen molar-refractivity contribution in [2.45, 2.75) is 6.54 Å². The van der Waals surface area contributed by atoms with E-state index in [4.69, 9.17) is 4.74 Å². The van der Waals surface area contributed by atoms with Crippen LogP contribution in [0.25, 0.3) is 10.8 Å². The summed E-state index contributed by atoms with van der Waals surface area (Å²) < 4.78 is 5.47. The Morgan fingerprint density at radius 3 is 2.32 bits per heavy atom. The molecule has 1 N–H and O–H groups in total. The van der Waals surface area contributed by atoms with Gasteiger partial charge in [0.15, 0.2) is 11.6 Å². The van der Waals surface area contributed by atoms with Crippen molar-refractivity contribution in [1.82, 2.24) is 15.1 Å². The maximum atomic E-state index is 9.18. The third kappa shape index (κ3) is 5.25. The van der Waals surface area contributed by atoms with Crippen LogP contribution in [0.15, 0.2) is 72.8 Å². The quantitative estimate of drug-likeness (QED) is 0.413. The molecule has 0 radical (unpaired) electrons. The van der Waals surface area contributed by atoms with Crippen molar-refractivity contribution < 1.29 is 4.74 Å². The second-order valence-electron chi connectivity index (χ2n) is 9.76. The first-order valence-electron chi connectivity index (χ1n) is 13.2. The summed E-state index contributed by atoms with van der Waals surface area (Å²) in [6.07, 6.45) is 0. The largest absolute Gasteiger partial charge is 0.378 e. The molecule has 0 amide bonds. The number of fused-ring (bicyclic) bond motifs is 1. The molecule has 3 aromatic carbocycles. The zero-order chi connectivity index (χ0) is 25.7. The van der Waals surface area contributed by atoms with Crippen LogP contribution >= 0.6 is 0 Å². The van der Waals surface area contributed by atoms with Crippen LogP contribution in [0, 0.1) is 11.3 Å². The molecule has 4 aromatic rings. The second-order valence-corrected chi connectivity index (χ2v) is 9.76. The standard InChI is InChI=1S/C30H31N7O/c31-21-23-4-3-5-24(20-23)22-35-12-14-37(15-13-35)30-28-7-2-1-6-27(28)29(33-34-30)32-25-8-10-26(11-9-25)36-16-18-38-19-17-36/h1-11,20H,12-19,22H2,(H,32,33). The fourth-order valence-electron chi connectivity index (χ4n) is 5.24. The third-order valence-corrected chi connectivity index (χ3v) is 7.31. The summed E-state index contributed by atoms with van der Waals surface area (Å²) in [5, 5.41) is 24.1. The number of piperazine rings is 1. The highest BCUT2D eigenvalue weighted by molar-refractivity contribution is 5.99. The van der Waals surface area contributed by atoms with Gasteiger partial charge >= 0.3 is 0 Å². The summed E-state index contributed by atoms with van der Waals surface area (Å²) in [5.41, 5.74) is 4.09. The number of hydrogen-bond acceptors (Lipinski definition) is 8. The molecule has 8 heteroatoms. The van der Waals surface area contributed by atoms with E-state index in [9.17, 15) is 5.26 Å². The second kappa shape index (κ2) is 11.1. The van der Waals surface area contributed by atoms with Crippen LogP contribution in [0.5, 0.6) is 0 Å². The van der Waals surface area contributed by atoms with E-state index in [1.54, 1.807) is 0 Å². The molecule has 0 saturated carbocycles. The predicted octanol–water partition coefficient (Wildman–Crippen LogP) is 4.40. The fraction of sp³-hybridized carbons (Fsp3) is 0.300. The lowest BCUT2D eigenvalue weighted by molar-refractivity contribution is 0.122. The van der Waals surface area contributed by atoms with Crippen molar-refractivity contribution in [1.29, 1.82) is 5.26 Å². The molecule has 2 aliphatic heterocycles. The van der Waals surface area contributed by atoms with E-state index < -0.39 is 0 Å². The van der Waals surface area contributed by atoms with Gasteiger partial charge in [-0.1, -0.05) is 36.4 Å². The molecule has 192 valence electrons. The van der Waals surface area contributed by atoms with Gasteiger partial charge in [-0.25, -0.2) is 0 Å². The van der Waals surface area contributed by atoms with Gasteiger partial charge < -0.3 is 19.9 Å². The molecular weight excluding hydrogens is 474 g/mol. The molecule has 2 fully saturated rings. The summed E-state index contributed by atoms with van der Waals surface area (Å²) in [6.45, 7) is 7.88. The minimum atomic E-state index is 0.713. The van der Waals surface area contributed by atoms with Gasteiger partial charge in [-0.3, -0.25) is 4.90 Å². The minimum absolute atomic E-state index is 0.713. The fourth-order valence-corrected chi connectivity index (χ4v) is 5.24. The first-order chi connectivity index (χ1) is 18.8. The van der Waals surface area contributed by atoms with Crippen molar-refractivity contribution in [3.63, 3.8) is 0 Å². The van der Waals surface area contributed by atoms with E-state index >= 15 is 0 Å². The van der Waals surface area contributed by atoms with Crippen molar-refractivity contribution >= 4 is 33.8 Å². The maximum absolute atomic E-state index is 9.18. The summed E-state index contributed by atoms with van der Waals surface area (Å²) in [7, 11) is 0. The topological polar surface area (TPSA) is 80.5 Å². The highest BCUT2D eigenvalue weighted by Crippen LogP contribution is 2.31. The number of rotatable bonds is 6. The average Bonchev–Trinajstić information content (AvgIpc) is 2.99. The van der Waals surface area contributed by atoms with Crippen molar-refractivity contribution in [2.24, 2.45) is 0 Å². The zero-order valence-corrected chi connectivity index (χ0v) is 21.4. The molecule has 2 saturated heterocycles. The minimum Gasteiger partial charge on any atom is -0.378 e. The zero-order valence-electron chi connectivity index (χ0n) is 21.4. The van der Waals surface area contributed by atoms with Gasteiger partial charge in [-0.05, 0) is 42.0 Å². The van der Waals surface area contributed by atoms with Gasteiger partial charge in [-0.2, -0.15) is 5.26 Å². The van der Waals surface area contributed by atoms with Crippen LogP contribution in [-0.2, 0) is 11.3 Å². The maximum Gasteiger partial charge on any atom is 0.161 e. The van der Waals surface area contributed by atoms with Gasteiger partial charge in [0.05, 0.1) is 24.8 Å². The number of morpholine rings is 1. The summed E-state index contributed by atoms with van der Waals surface area (Å²) in [6, 6.07) is 27.0. The first kappa shape index (κ1) is 24.2. The molecule has 8 nitrogen and oxygen atoms in total. The Labute approximate surface area is 223 Å². The number of ether oxygens (including phenoxy) is 1. The van der Waals surface area contributed by atoms with Crippen LogP contribution in [0.4, 0.5) is 23.0 Å². The number of nitrogens with zero attached hydrogens (tertiary/aromatic N) is 6.